The number of hydrogen-bond donors (Lipinski definition) is 1. The fourth-order valence-corrected chi connectivity index (χ4v) is 1.66. The van der Waals surface area contributed by atoms with Gasteiger partial charge in [0.15, 0.2) is 0 Å². The van der Waals surface area contributed by atoms with Gasteiger partial charge < -0.3 is 26.9 Å². The van der Waals surface area contributed by atoms with Gasteiger partial charge in [-0.1, -0.05) is 12.1 Å². The molecule has 0 atom stereocenters. The minimum absolute atomic E-state index is 0. The van der Waals surface area contributed by atoms with Gasteiger partial charge in [-0.2, -0.15) is 0 Å². The van der Waals surface area contributed by atoms with Gasteiger partial charge in [0, 0.05) is 6.54 Å². The number of hydrogen-bond acceptors (Lipinski definition) is 3. The van der Waals surface area contributed by atoms with E-state index in [0.29, 0.717) is 6.61 Å². The van der Waals surface area contributed by atoms with E-state index in [1.54, 1.807) is 6.26 Å². The highest BCUT2D eigenvalue weighted by Gasteiger charge is 1.98. The summed E-state index contributed by atoms with van der Waals surface area (Å²) in [5.41, 5.74) is 1.21. The van der Waals surface area contributed by atoms with Gasteiger partial charge in [-0.3, -0.25) is 0 Å². The first-order chi connectivity index (χ1) is 8.38. The van der Waals surface area contributed by atoms with E-state index >= 15 is 0 Å². The van der Waals surface area contributed by atoms with E-state index < -0.39 is 0 Å². The predicted molar refractivity (Wildman–Crippen MR) is 66.9 cm³/mol. The largest absolute Gasteiger partial charge is 1.00 e. The monoisotopic (exact) mass is 266 g/mol. The van der Waals surface area contributed by atoms with Crippen molar-refractivity contribution in [1.29, 1.82) is 0 Å². The standard InChI is InChI=1S/C14H17NO2.ClH/c1-2-16-13-6-3-5-12(9-13)10-15-11-14-7-4-8-17-14;/h3-9,15H,2,10-11H2,1H3;1H/p-1. The molecule has 3 nitrogen and oxygen atoms in total. The highest BCUT2D eigenvalue weighted by molar-refractivity contribution is 5.28. The van der Waals surface area contributed by atoms with Gasteiger partial charge in [0.25, 0.3) is 0 Å². The molecule has 98 valence electrons. The van der Waals surface area contributed by atoms with Gasteiger partial charge in [0.1, 0.15) is 11.5 Å². The molecule has 0 saturated heterocycles. The molecule has 1 N–H and O–H groups in total. The lowest BCUT2D eigenvalue weighted by Gasteiger charge is -2.06. The van der Waals surface area contributed by atoms with E-state index in [4.69, 9.17) is 9.15 Å². The summed E-state index contributed by atoms with van der Waals surface area (Å²) in [7, 11) is 0. The minimum atomic E-state index is 0. The predicted octanol–water partition coefficient (Wildman–Crippen LogP) is -0.0279. The van der Waals surface area contributed by atoms with Crippen molar-refractivity contribution in [2.75, 3.05) is 6.61 Å². The van der Waals surface area contributed by atoms with Crippen LogP contribution in [0.25, 0.3) is 0 Å². The van der Waals surface area contributed by atoms with Gasteiger partial charge >= 0.3 is 0 Å². The topological polar surface area (TPSA) is 34.4 Å². The van der Waals surface area contributed by atoms with Gasteiger partial charge in [-0.05, 0) is 36.8 Å². The molecule has 0 saturated carbocycles. The van der Waals surface area contributed by atoms with Crippen LogP contribution < -0.4 is 22.5 Å². The summed E-state index contributed by atoms with van der Waals surface area (Å²) in [5, 5.41) is 3.32. The lowest BCUT2D eigenvalue weighted by molar-refractivity contribution is -0.00000463. The lowest BCUT2D eigenvalue weighted by atomic mass is 10.2. The lowest BCUT2D eigenvalue weighted by Crippen LogP contribution is -3.00. The van der Waals surface area contributed by atoms with Crippen molar-refractivity contribution in [3.63, 3.8) is 0 Å². The highest BCUT2D eigenvalue weighted by atomic mass is 35.5. The third-order valence-electron chi connectivity index (χ3n) is 2.42. The Hall–Kier alpha value is -1.45. The Morgan fingerprint density at radius 1 is 1.17 bits per heavy atom. The van der Waals surface area contributed by atoms with Crippen LogP contribution in [-0.2, 0) is 13.1 Å². The van der Waals surface area contributed by atoms with Crippen molar-refractivity contribution in [2.24, 2.45) is 0 Å². The number of halogens is 1. The van der Waals surface area contributed by atoms with Crippen molar-refractivity contribution in [2.45, 2.75) is 20.0 Å². The maximum absolute atomic E-state index is 5.45. The summed E-state index contributed by atoms with van der Waals surface area (Å²) in [6.45, 7) is 4.23. The fourth-order valence-electron chi connectivity index (χ4n) is 1.66. The molecule has 0 amide bonds. The number of rotatable bonds is 6. The van der Waals surface area contributed by atoms with Crippen LogP contribution in [0.5, 0.6) is 5.75 Å². The smallest absolute Gasteiger partial charge is 0.119 e. The molecular formula is C14H17ClNO2-. The van der Waals surface area contributed by atoms with Crippen LogP contribution in [0.2, 0.25) is 0 Å². The zero-order chi connectivity index (χ0) is 11.9. The molecule has 0 fully saturated rings. The van der Waals surface area contributed by atoms with Crippen LogP contribution in [0.3, 0.4) is 0 Å². The highest BCUT2D eigenvalue weighted by Crippen LogP contribution is 2.13. The van der Waals surface area contributed by atoms with E-state index in [1.165, 1.54) is 5.56 Å². The van der Waals surface area contributed by atoms with Crippen LogP contribution in [-0.4, -0.2) is 6.61 Å². The van der Waals surface area contributed by atoms with Crippen LogP contribution in [0.1, 0.15) is 18.2 Å². The van der Waals surface area contributed by atoms with Crippen molar-refractivity contribution in [3.8, 4) is 5.75 Å². The Bertz CT molecular complexity index is 443. The van der Waals surface area contributed by atoms with Crippen LogP contribution >= 0.6 is 0 Å². The molecule has 0 aliphatic heterocycles. The molecule has 4 heteroatoms. The Morgan fingerprint density at radius 2 is 2.06 bits per heavy atom. The van der Waals surface area contributed by atoms with E-state index in [0.717, 1.165) is 24.6 Å². The van der Waals surface area contributed by atoms with E-state index in [2.05, 4.69) is 17.4 Å². The quantitative estimate of drug-likeness (QED) is 0.798. The summed E-state index contributed by atoms with van der Waals surface area (Å²) in [5.74, 6) is 1.87. The van der Waals surface area contributed by atoms with Crippen LogP contribution in [0.4, 0.5) is 0 Å². The molecular weight excluding hydrogens is 250 g/mol. The molecule has 0 bridgehead atoms. The summed E-state index contributed by atoms with van der Waals surface area (Å²) in [6.07, 6.45) is 1.69. The molecule has 18 heavy (non-hydrogen) atoms. The van der Waals surface area contributed by atoms with Crippen molar-refractivity contribution in [1.82, 2.24) is 5.32 Å². The molecule has 0 radical (unpaired) electrons. The van der Waals surface area contributed by atoms with Crippen molar-refractivity contribution in [3.05, 3.63) is 54.0 Å². The second-order valence-corrected chi connectivity index (χ2v) is 3.76. The fraction of sp³-hybridized carbons (Fsp3) is 0.286. The number of benzene rings is 1. The van der Waals surface area contributed by atoms with E-state index in [9.17, 15) is 0 Å². The Kier molecular flexibility index (Phi) is 6.33. The Labute approximate surface area is 114 Å². The average molecular weight is 267 g/mol. The zero-order valence-electron chi connectivity index (χ0n) is 10.4. The first-order valence-corrected chi connectivity index (χ1v) is 5.83. The molecule has 2 rings (SSSR count). The van der Waals surface area contributed by atoms with E-state index in [-0.39, 0.29) is 12.4 Å². The molecule has 0 unspecified atom stereocenters. The third kappa shape index (κ3) is 4.43. The molecule has 1 aromatic heterocycles. The van der Waals surface area contributed by atoms with Crippen molar-refractivity contribution >= 4 is 0 Å². The summed E-state index contributed by atoms with van der Waals surface area (Å²) in [6, 6.07) is 12.0. The SMILES string of the molecule is CCOc1cccc(CNCc2ccco2)c1.[Cl-]. The second-order valence-electron chi connectivity index (χ2n) is 3.76. The average Bonchev–Trinajstić information content (AvgIpc) is 2.83. The first kappa shape index (κ1) is 14.6. The van der Waals surface area contributed by atoms with E-state index in [1.807, 2.05) is 31.2 Å². The summed E-state index contributed by atoms with van der Waals surface area (Å²) >= 11 is 0. The molecule has 0 spiro atoms. The maximum Gasteiger partial charge on any atom is 0.119 e. The number of ether oxygens (including phenoxy) is 1. The Morgan fingerprint density at radius 3 is 2.78 bits per heavy atom. The van der Waals surface area contributed by atoms with Crippen LogP contribution in [0, 0.1) is 0 Å². The molecule has 2 aromatic rings. The maximum atomic E-state index is 5.45. The third-order valence-corrected chi connectivity index (χ3v) is 2.42. The molecule has 1 heterocycles. The minimum Gasteiger partial charge on any atom is -1.00 e. The number of nitrogens with one attached hydrogen (secondary N) is 1. The molecule has 1 aromatic carbocycles. The summed E-state index contributed by atoms with van der Waals surface area (Å²) in [4.78, 5) is 0. The van der Waals surface area contributed by atoms with Gasteiger partial charge in [-0.15, -0.1) is 0 Å². The van der Waals surface area contributed by atoms with Gasteiger partial charge in [0.2, 0.25) is 0 Å². The van der Waals surface area contributed by atoms with Gasteiger partial charge in [0.05, 0.1) is 19.4 Å². The van der Waals surface area contributed by atoms with Gasteiger partial charge in [-0.25, -0.2) is 0 Å². The van der Waals surface area contributed by atoms with Crippen molar-refractivity contribution < 1.29 is 21.6 Å². The molecule has 0 aliphatic rings. The summed E-state index contributed by atoms with van der Waals surface area (Å²) < 4.78 is 10.7. The second kappa shape index (κ2) is 7.80. The van der Waals surface area contributed by atoms with Crippen LogP contribution in [0.15, 0.2) is 47.1 Å². The normalized spacial score (nSPS) is 9.83. The molecule has 0 aliphatic carbocycles. The number of furan rings is 1. The first-order valence-electron chi connectivity index (χ1n) is 5.83. The Balaban J connectivity index is 0.00000162. The zero-order valence-corrected chi connectivity index (χ0v) is 11.1.